The van der Waals surface area contributed by atoms with Crippen molar-refractivity contribution in [3.8, 4) is 6.07 Å². The fraction of sp³-hybridized carbons (Fsp3) is 0.632. The van der Waals surface area contributed by atoms with Gasteiger partial charge in [-0.15, -0.1) is 0 Å². The number of rotatable bonds is 3. The predicted octanol–water partition coefficient (Wildman–Crippen LogP) is 4.37. The monoisotopic (exact) mass is 317 g/mol. The van der Waals surface area contributed by atoms with E-state index < -0.39 is 5.82 Å². The molecule has 0 unspecified atom stereocenters. The van der Waals surface area contributed by atoms with E-state index in [1.54, 1.807) is 6.07 Å². The molecular formula is C19H24FNO2. The molecule has 2 fully saturated rings. The van der Waals surface area contributed by atoms with Crippen molar-refractivity contribution in [1.82, 2.24) is 0 Å². The van der Waals surface area contributed by atoms with E-state index in [-0.39, 0.29) is 11.9 Å². The van der Waals surface area contributed by atoms with Crippen LogP contribution in [-0.4, -0.2) is 19.5 Å². The molecule has 1 aliphatic heterocycles. The van der Waals surface area contributed by atoms with Crippen molar-refractivity contribution in [2.24, 2.45) is 11.8 Å². The Hall–Kier alpha value is -1.44. The van der Waals surface area contributed by atoms with E-state index in [2.05, 4.69) is 6.92 Å². The zero-order valence-corrected chi connectivity index (χ0v) is 13.6. The Kier molecular flexibility index (Phi) is 5.30. The average Bonchev–Trinajstić information content (AvgIpc) is 2.62. The summed E-state index contributed by atoms with van der Waals surface area (Å²) in [6.07, 6.45) is 5.19. The molecule has 2 aliphatic rings. The van der Waals surface area contributed by atoms with Crippen molar-refractivity contribution in [2.75, 3.05) is 13.2 Å². The first kappa shape index (κ1) is 16.4. The van der Waals surface area contributed by atoms with Crippen LogP contribution in [0.15, 0.2) is 18.2 Å². The second kappa shape index (κ2) is 7.42. The van der Waals surface area contributed by atoms with Gasteiger partial charge in [0, 0.05) is 11.8 Å². The molecule has 0 aromatic heterocycles. The van der Waals surface area contributed by atoms with Gasteiger partial charge in [0.1, 0.15) is 11.9 Å². The smallest absolute Gasteiger partial charge is 0.160 e. The number of benzene rings is 1. The zero-order valence-electron chi connectivity index (χ0n) is 13.6. The molecule has 0 N–H and O–H groups in total. The largest absolute Gasteiger partial charge is 0.352 e. The fourth-order valence-electron chi connectivity index (χ4n) is 3.67. The van der Waals surface area contributed by atoms with Crippen LogP contribution in [0, 0.1) is 29.0 Å². The van der Waals surface area contributed by atoms with Gasteiger partial charge in [0.25, 0.3) is 0 Å². The average molecular weight is 317 g/mol. The van der Waals surface area contributed by atoms with Gasteiger partial charge < -0.3 is 9.47 Å². The summed E-state index contributed by atoms with van der Waals surface area (Å²) in [5.74, 6) is 0.952. The Bertz CT molecular complexity index is 567. The summed E-state index contributed by atoms with van der Waals surface area (Å²) in [7, 11) is 0. The molecule has 124 valence electrons. The van der Waals surface area contributed by atoms with E-state index in [4.69, 9.17) is 14.7 Å². The second-order valence-corrected chi connectivity index (χ2v) is 6.77. The van der Waals surface area contributed by atoms with E-state index in [1.165, 1.54) is 6.07 Å². The second-order valence-electron chi connectivity index (χ2n) is 6.77. The lowest BCUT2D eigenvalue weighted by Crippen LogP contribution is -2.38. The molecule has 1 saturated carbocycles. The minimum atomic E-state index is -0.406. The van der Waals surface area contributed by atoms with Crippen LogP contribution in [0.1, 0.15) is 56.1 Å². The maximum Gasteiger partial charge on any atom is 0.160 e. The molecule has 0 amide bonds. The first-order valence-corrected chi connectivity index (χ1v) is 8.64. The highest BCUT2D eigenvalue weighted by atomic mass is 19.1. The van der Waals surface area contributed by atoms with Crippen molar-refractivity contribution in [3.05, 3.63) is 35.1 Å². The molecule has 0 spiro atoms. The molecular weight excluding hydrogens is 293 g/mol. The van der Waals surface area contributed by atoms with Crippen LogP contribution in [0.25, 0.3) is 0 Å². The Morgan fingerprint density at radius 2 is 1.87 bits per heavy atom. The van der Waals surface area contributed by atoms with Crippen molar-refractivity contribution in [2.45, 2.75) is 51.2 Å². The predicted molar refractivity (Wildman–Crippen MR) is 85.3 cm³/mol. The van der Waals surface area contributed by atoms with Gasteiger partial charge in [-0.3, -0.25) is 0 Å². The molecule has 1 aromatic carbocycles. The summed E-state index contributed by atoms with van der Waals surface area (Å²) >= 11 is 0. The lowest BCUT2D eigenvalue weighted by atomic mass is 9.78. The summed E-state index contributed by atoms with van der Waals surface area (Å²) in [6.45, 7) is 3.78. The summed E-state index contributed by atoms with van der Waals surface area (Å²) < 4.78 is 25.6. The summed E-state index contributed by atoms with van der Waals surface area (Å²) in [5.41, 5.74) is 1.13. The molecule has 0 bridgehead atoms. The minimum absolute atomic E-state index is 0.0588. The standard InChI is InChI=1S/C19H24FNO2/c1-2-13-11-22-19(23-12-13)15-5-3-14(4-6-15)16-7-8-17(10-21)18(20)9-16/h7-9,13-15,19H,2-6,11-12H2,1H3/t13-,14?,15?,19-. The number of ether oxygens (including phenoxy) is 2. The van der Waals surface area contributed by atoms with Gasteiger partial charge in [-0.25, -0.2) is 4.39 Å². The van der Waals surface area contributed by atoms with Crippen LogP contribution < -0.4 is 0 Å². The molecule has 23 heavy (non-hydrogen) atoms. The van der Waals surface area contributed by atoms with Gasteiger partial charge in [0.2, 0.25) is 0 Å². The van der Waals surface area contributed by atoms with Crippen LogP contribution in [0.2, 0.25) is 0 Å². The topological polar surface area (TPSA) is 42.2 Å². The summed E-state index contributed by atoms with van der Waals surface area (Å²) in [4.78, 5) is 0. The van der Waals surface area contributed by atoms with E-state index in [0.29, 0.717) is 17.8 Å². The highest BCUT2D eigenvalue weighted by molar-refractivity contribution is 5.34. The van der Waals surface area contributed by atoms with Crippen molar-refractivity contribution in [3.63, 3.8) is 0 Å². The lowest BCUT2D eigenvalue weighted by molar-refractivity contribution is -0.228. The van der Waals surface area contributed by atoms with Crippen LogP contribution in [0.4, 0.5) is 4.39 Å². The Balaban J connectivity index is 1.54. The van der Waals surface area contributed by atoms with Crippen LogP contribution in [-0.2, 0) is 9.47 Å². The van der Waals surface area contributed by atoms with E-state index in [1.807, 2.05) is 12.1 Å². The Morgan fingerprint density at radius 3 is 2.43 bits per heavy atom. The van der Waals surface area contributed by atoms with Crippen molar-refractivity contribution < 1.29 is 13.9 Å². The van der Waals surface area contributed by atoms with Gasteiger partial charge in [0.15, 0.2) is 6.29 Å². The van der Waals surface area contributed by atoms with Gasteiger partial charge in [-0.1, -0.05) is 13.0 Å². The Labute approximate surface area is 137 Å². The van der Waals surface area contributed by atoms with Crippen LogP contribution >= 0.6 is 0 Å². The lowest BCUT2D eigenvalue weighted by Gasteiger charge is -2.37. The third-order valence-electron chi connectivity index (χ3n) is 5.31. The van der Waals surface area contributed by atoms with E-state index >= 15 is 0 Å². The summed E-state index contributed by atoms with van der Waals surface area (Å²) in [5, 5.41) is 8.82. The number of hydrogen-bond donors (Lipinski definition) is 0. The molecule has 0 radical (unpaired) electrons. The SMILES string of the molecule is CC[C@H]1CO[C@H](C2CCC(c3ccc(C#N)c(F)c3)CC2)OC1. The first-order chi connectivity index (χ1) is 11.2. The molecule has 0 atom stereocenters. The Morgan fingerprint density at radius 1 is 1.17 bits per heavy atom. The molecule has 1 aromatic rings. The zero-order chi connectivity index (χ0) is 16.2. The normalized spacial score (nSPS) is 31.5. The van der Waals surface area contributed by atoms with Crippen molar-refractivity contribution in [1.29, 1.82) is 5.26 Å². The molecule has 1 heterocycles. The van der Waals surface area contributed by atoms with E-state index in [0.717, 1.165) is 50.9 Å². The third kappa shape index (κ3) is 3.73. The maximum absolute atomic E-state index is 13.8. The van der Waals surface area contributed by atoms with Gasteiger partial charge in [0.05, 0.1) is 18.8 Å². The molecule has 1 aliphatic carbocycles. The van der Waals surface area contributed by atoms with Crippen LogP contribution in [0.3, 0.4) is 0 Å². The number of halogens is 1. The van der Waals surface area contributed by atoms with Crippen LogP contribution in [0.5, 0.6) is 0 Å². The molecule has 3 rings (SSSR count). The maximum atomic E-state index is 13.8. The molecule has 3 nitrogen and oxygen atoms in total. The first-order valence-electron chi connectivity index (χ1n) is 8.64. The third-order valence-corrected chi connectivity index (χ3v) is 5.31. The number of hydrogen-bond acceptors (Lipinski definition) is 3. The highest BCUT2D eigenvalue weighted by Gasteiger charge is 2.32. The van der Waals surface area contributed by atoms with Gasteiger partial charge in [-0.05, 0) is 55.7 Å². The molecule has 4 heteroatoms. The fourth-order valence-corrected chi connectivity index (χ4v) is 3.67. The van der Waals surface area contributed by atoms with E-state index in [9.17, 15) is 4.39 Å². The summed E-state index contributed by atoms with van der Waals surface area (Å²) in [6, 6.07) is 6.89. The van der Waals surface area contributed by atoms with Gasteiger partial charge >= 0.3 is 0 Å². The highest BCUT2D eigenvalue weighted by Crippen LogP contribution is 2.39. The quantitative estimate of drug-likeness (QED) is 0.831. The molecule has 1 saturated heterocycles. The number of nitrogens with zero attached hydrogens (tertiary/aromatic N) is 1. The minimum Gasteiger partial charge on any atom is -0.352 e. The number of nitriles is 1. The van der Waals surface area contributed by atoms with Gasteiger partial charge in [-0.2, -0.15) is 5.26 Å². The van der Waals surface area contributed by atoms with Crippen molar-refractivity contribution >= 4 is 0 Å².